The molecule has 1 saturated heterocycles. The molecule has 0 aliphatic carbocycles. The van der Waals surface area contributed by atoms with Gasteiger partial charge in [-0.3, -0.25) is 9.69 Å². The van der Waals surface area contributed by atoms with Crippen molar-refractivity contribution >= 4 is 29.1 Å². The third kappa shape index (κ3) is 3.50. The van der Waals surface area contributed by atoms with Crippen LogP contribution in [0.4, 0.5) is 0 Å². The summed E-state index contributed by atoms with van der Waals surface area (Å²) in [6, 6.07) is 8.65. The molecule has 1 atom stereocenters. The summed E-state index contributed by atoms with van der Waals surface area (Å²) in [7, 11) is 0. The van der Waals surface area contributed by atoms with E-state index in [1.165, 1.54) is 12.1 Å². The van der Waals surface area contributed by atoms with Gasteiger partial charge in [-0.15, -0.1) is 0 Å². The number of hydrogen-bond acceptors (Lipinski definition) is 5. The molecule has 2 aliphatic heterocycles. The first-order valence-corrected chi connectivity index (χ1v) is 10.2. The van der Waals surface area contributed by atoms with Crippen LogP contribution in [0, 0.1) is 11.3 Å². The second kappa shape index (κ2) is 8.19. The Morgan fingerprint density at radius 1 is 1.33 bits per heavy atom. The van der Waals surface area contributed by atoms with Crippen molar-refractivity contribution in [3.05, 3.63) is 58.1 Å². The molecular weight excluding hydrogens is 425 g/mol. The van der Waals surface area contributed by atoms with E-state index in [9.17, 15) is 15.2 Å². The van der Waals surface area contributed by atoms with Crippen LogP contribution in [0.5, 0.6) is 11.5 Å². The molecule has 2 aromatic rings. The van der Waals surface area contributed by atoms with Gasteiger partial charge in [0.25, 0.3) is 0 Å². The number of piperazine rings is 1. The lowest BCUT2D eigenvalue weighted by Crippen LogP contribution is -2.55. The van der Waals surface area contributed by atoms with E-state index in [1.807, 2.05) is 0 Å². The number of hydrogen-bond donors (Lipinski definition) is 1. The number of phenols is 1. The third-order valence-electron chi connectivity index (χ3n) is 5.54. The molecule has 4 rings (SSSR count). The van der Waals surface area contributed by atoms with Gasteiger partial charge in [0.15, 0.2) is 0 Å². The Balaban J connectivity index is 1.76. The number of nitriles is 1. The van der Waals surface area contributed by atoms with Gasteiger partial charge in [-0.05, 0) is 24.3 Å². The molecule has 2 heterocycles. The van der Waals surface area contributed by atoms with Gasteiger partial charge in [0, 0.05) is 42.9 Å². The molecule has 6 nitrogen and oxygen atoms in total. The third-order valence-corrected chi connectivity index (χ3v) is 6.22. The SMILES string of the molecule is C=CC(=O)N1CCN2Cc3cc(C#N)c(-c4c(O)cccc4Cl)c(Cl)c3OC[C@H]2C1. The highest BCUT2D eigenvalue weighted by molar-refractivity contribution is 6.38. The molecule has 154 valence electrons. The van der Waals surface area contributed by atoms with E-state index in [-0.39, 0.29) is 27.7 Å². The number of halogens is 2. The molecular formula is C22H19Cl2N3O3. The number of aromatic hydroxyl groups is 1. The summed E-state index contributed by atoms with van der Waals surface area (Å²) >= 11 is 13.0. The van der Waals surface area contributed by atoms with Crippen molar-refractivity contribution < 1.29 is 14.6 Å². The first kappa shape index (κ1) is 20.5. The van der Waals surface area contributed by atoms with Gasteiger partial charge in [-0.1, -0.05) is 35.8 Å². The standard InChI is InChI=1S/C22H19Cl2N3O3/c1-2-18(29)27-7-6-26-10-14-8-13(9-25)19(20-16(23)4-3-5-17(20)28)21(24)22(14)30-12-15(26)11-27/h2-5,8,15,28H,1,6-7,10-12H2/t15-/m1/s1. The van der Waals surface area contributed by atoms with Crippen LogP contribution < -0.4 is 4.74 Å². The zero-order chi connectivity index (χ0) is 21.4. The van der Waals surface area contributed by atoms with Crippen molar-refractivity contribution in [2.24, 2.45) is 0 Å². The zero-order valence-corrected chi connectivity index (χ0v) is 17.6. The smallest absolute Gasteiger partial charge is 0.246 e. The van der Waals surface area contributed by atoms with Crippen LogP contribution in [0.15, 0.2) is 36.9 Å². The van der Waals surface area contributed by atoms with Gasteiger partial charge in [-0.25, -0.2) is 0 Å². The molecule has 2 aliphatic rings. The number of amides is 1. The largest absolute Gasteiger partial charge is 0.507 e. The van der Waals surface area contributed by atoms with Gasteiger partial charge < -0.3 is 14.7 Å². The molecule has 0 bridgehead atoms. The van der Waals surface area contributed by atoms with Crippen LogP contribution in [0.3, 0.4) is 0 Å². The van der Waals surface area contributed by atoms with E-state index in [1.54, 1.807) is 23.1 Å². The second-order valence-electron chi connectivity index (χ2n) is 7.27. The fraction of sp³-hybridized carbons (Fsp3) is 0.273. The highest BCUT2D eigenvalue weighted by Crippen LogP contribution is 2.47. The van der Waals surface area contributed by atoms with Gasteiger partial charge in [0.1, 0.15) is 18.1 Å². The minimum Gasteiger partial charge on any atom is -0.507 e. The molecule has 0 spiro atoms. The van der Waals surface area contributed by atoms with Crippen LogP contribution in [-0.4, -0.2) is 53.1 Å². The topological polar surface area (TPSA) is 76.8 Å². The maximum Gasteiger partial charge on any atom is 0.246 e. The maximum absolute atomic E-state index is 12.0. The summed E-state index contributed by atoms with van der Waals surface area (Å²) < 4.78 is 6.08. The molecule has 30 heavy (non-hydrogen) atoms. The normalized spacial score (nSPS) is 18.4. The van der Waals surface area contributed by atoms with Gasteiger partial charge in [0.2, 0.25) is 5.91 Å². The Bertz CT molecular complexity index is 1060. The van der Waals surface area contributed by atoms with E-state index in [2.05, 4.69) is 17.5 Å². The quantitative estimate of drug-likeness (QED) is 0.713. The number of rotatable bonds is 2. The number of nitrogens with zero attached hydrogens (tertiary/aromatic N) is 3. The average molecular weight is 444 g/mol. The number of phenolic OH excluding ortho intramolecular Hbond substituents is 1. The zero-order valence-electron chi connectivity index (χ0n) is 16.1. The van der Waals surface area contributed by atoms with E-state index in [0.717, 1.165) is 5.56 Å². The Morgan fingerprint density at radius 2 is 2.13 bits per heavy atom. The highest BCUT2D eigenvalue weighted by atomic mass is 35.5. The van der Waals surface area contributed by atoms with Crippen LogP contribution >= 0.6 is 23.2 Å². The number of carbonyl (C=O) groups is 1. The van der Waals surface area contributed by atoms with Crippen molar-refractivity contribution in [2.45, 2.75) is 12.6 Å². The van der Waals surface area contributed by atoms with Crippen molar-refractivity contribution in [2.75, 3.05) is 26.2 Å². The lowest BCUT2D eigenvalue weighted by molar-refractivity contribution is -0.129. The van der Waals surface area contributed by atoms with Crippen LogP contribution in [-0.2, 0) is 11.3 Å². The van der Waals surface area contributed by atoms with Crippen LogP contribution in [0.1, 0.15) is 11.1 Å². The van der Waals surface area contributed by atoms with E-state index < -0.39 is 0 Å². The molecule has 1 N–H and O–H groups in total. The predicted octanol–water partition coefficient (Wildman–Crippen LogP) is 3.83. The molecule has 8 heteroatoms. The van der Waals surface area contributed by atoms with Crippen molar-refractivity contribution in [3.8, 4) is 28.7 Å². The molecule has 2 aromatic carbocycles. The summed E-state index contributed by atoms with van der Waals surface area (Å²) in [5.74, 6) is 0.309. The Kier molecular flexibility index (Phi) is 5.61. The predicted molar refractivity (Wildman–Crippen MR) is 115 cm³/mol. The summed E-state index contributed by atoms with van der Waals surface area (Å²) in [4.78, 5) is 16.0. The van der Waals surface area contributed by atoms with Crippen molar-refractivity contribution in [1.29, 1.82) is 5.26 Å². The lowest BCUT2D eigenvalue weighted by Gasteiger charge is -2.39. The Morgan fingerprint density at radius 3 is 2.83 bits per heavy atom. The fourth-order valence-corrected chi connectivity index (χ4v) is 4.67. The second-order valence-corrected chi connectivity index (χ2v) is 8.06. The lowest BCUT2D eigenvalue weighted by atomic mass is 9.96. The maximum atomic E-state index is 12.0. The molecule has 0 saturated carbocycles. The first-order valence-electron chi connectivity index (χ1n) is 9.46. The van der Waals surface area contributed by atoms with Gasteiger partial charge >= 0.3 is 0 Å². The number of ether oxygens (including phenoxy) is 1. The number of fused-ring (bicyclic) bond motifs is 2. The fourth-order valence-electron chi connectivity index (χ4n) is 4.04. The Labute approximate surface area is 184 Å². The van der Waals surface area contributed by atoms with E-state index >= 15 is 0 Å². The summed E-state index contributed by atoms with van der Waals surface area (Å²) in [6.07, 6.45) is 1.32. The molecule has 0 radical (unpaired) electrons. The summed E-state index contributed by atoms with van der Waals surface area (Å²) in [5, 5.41) is 20.7. The van der Waals surface area contributed by atoms with Gasteiger partial charge in [-0.2, -0.15) is 5.26 Å². The molecule has 0 aromatic heterocycles. The minimum atomic E-state index is -0.0994. The average Bonchev–Trinajstić information content (AvgIpc) is 2.93. The Hall–Kier alpha value is -2.72. The summed E-state index contributed by atoms with van der Waals surface area (Å²) in [6.45, 7) is 6.25. The number of carbonyl (C=O) groups excluding carboxylic acids is 1. The number of benzene rings is 2. The molecule has 0 unspecified atom stereocenters. The van der Waals surface area contributed by atoms with Crippen LogP contribution in [0.25, 0.3) is 11.1 Å². The minimum absolute atomic E-state index is 0.00572. The monoisotopic (exact) mass is 443 g/mol. The highest BCUT2D eigenvalue weighted by Gasteiger charge is 2.34. The van der Waals surface area contributed by atoms with Crippen LogP contribution in [0.2, 0.25) is 10.0 Å². The van der Waals surface area contributed by atoms with Crippen molar-refractivity contribution in [1.82, 2.24) is 9.80 Å². The molecule has 1 fully saturated rings. The van der Waals surface area contributed by atoms with Gasteiger partial charge in [0.05, 0.1) is 27.7 Å². The molecule has 1 amide bonds. The van der Waals surface area contributed by atoms with E-state index in [0.29, 0.717) is 55.2 Å². The van der Waals surface area contributed by atoms with Crippen molar-refractivity contribution in [3.63, 3.8) is 0 Å². The summed E-state index contributed by atoms with van der Waals surface area (Å²) in [5.41, 5.74) is 1.75. The van der Waals surface area contributed by atoms with E-state index in [4.69, 9.17) is 27.9 Å². The first-order chi connectivity index (χ1) is 14.4.